The Balaban J connectivity index is 1.78. The van der Waals surface area contributed by atoms with E-state index < -0.39 is 23.5 Å². The van der Waals surface area contributed by atoms with Gasteiger partial charge in [0.05, 0.1) is 11.8 Å². The number of hydrogen-bond donors (Lipinski definition) is 2. The molecule has 1 aliphatic heterocycles. The molecular weight excluding hydrogens is 256 g/mol. The Bertz CT molecular complexity index is 551. The van der Waals surface area contributed by atoms with Crippen molar-refractivity contribution in [2.24, 2.45) is 5.92 Å². The zero-order valence-electron chi connectivity index (χ0n) is 11.0. The molecule has 1 heterocycles. The highest BCUT2D eigenvalue weighted by atomic mass is 16.2. The molecule has 1 saturated carbocycles. The lowest BCUT2D eigenvalue weighted by Crippen LogP contribution is -2.38. The highest BCUT2D eigenvalue weighted by Crippen LogP contribution is 2.30. The van der Waals surface area contributed by atoms with Crippen LogP contribution >= 0.6 is 0 Å². The van der Waals surface area contributed by atoms with E-state index in [-0.39, 0.29) is 18.5 Å². The topological polar surface area (TPSA) is 75.3 Å². The van der Waals surface area contributed by atoms with Crippen molar-refractivity contribution in [3.05, 3.63) is 35.9 Å². The first-order valence-electron chi connectivity index (χ1n) is 6.84. The van der Waals surface area contributed by atoms with Gasteiger partial charge in [0.1, 0.15) is 0 Å². The summed E-state index contributed by atoms with van der Waals surface area (Å²) in [6.45, 7) is 0.231. The van der Waals surface area contributed by atoms with Crippen molar-refractivity contribution in [1.82, 2.24) is 10.6 Å². The predicted molar refractivity (Wildman–Crippen MR) is 71.9 cm³/mol. The Kier molecular flexibility index (Phi) is 3.26. The van der Waals surface area contributed by atoms with Gasteiger partial charge in [-0.25, -0.2) is 0 Å². The van der Waals surface area contributed by atoms with E-state index in [2.05, 4.69) is 10.6 Å². The molecule has 3 rings (SSSR count). The summed E-state index contributed by atoms with van der Waals surface area (Å²) >= 11 is 0. The van der Waals surface area contributed by atoms with Crippen molar-refractivity contribution in [3.63, 3.8) is 0 Å². The molecule has 0 unspecified atom stereocenters. The third-order valence-electron chi connectivity index (χ3n) is 3.81. The molecule has 1 saturated heterocycles. The summed E-state index contributed by atoms with van der Waals surface area (Å²) in [4.78, 5) is 36.0. The van der Waals surface area contributed by atoms with Gasteiger partial charge in [-0.05, 0) is 18.4 Å². The minimum Gasteiger partial charge on any atom is -0.355 e. The molecule has 5 nitrogen and oxygen atoms in total. The van der Waals surface area contributed by atoms with Gasteiger partial charge in [0.2, 0.25) is 11.7 Å². The molecular formula is C15H16N2O3. The number of nitrogens with one attached hydrogen (secondary N) is 2. The summed E-state index contributed by atoms with van der Waals surface area (Å²) in [6.07, 6.45) is 1.87. The zero-order chi connectivity index (χ0) is 14.1. The highest BCUT2D eigenvalue weighted by molar-refractivity contribution is 6.38. The van der Waals surface area contributed by atoms with Gasteiger partial charge >= 0.3 is 0 Å². The van der Waals surface area contributed by atoms with Gasteiger partial charge in [-0.1, -0.05) is 30.3 Å². The van der Waals surface area contributed by atoms with Crippen LogP contribution in [0, 0.1) is 5.92 Å². The summed E-state index contributed by atoms with van der Waals surface area (Å²) in [6, 6.07) is 9.28. The number of Topliss-reactive ketones (excluding diaryl/α,β-unsaturated/α-hetero) is 1. The van der Waals surface area contributed by atoms with Crippen LogP contribution in [0.1, 0.15) is 24.3 Å². The van der Waals surface area contributed by atoms with Crippen molar-refractivity contribution in [2.45, 2.75) is 24.8 Å². The lowest BCUT2D eigenvalue weighted by atomic mass is 9.85. The second-order valence-corrected chi connectivity index (χ2v) is 5.35. The molecule has 2 amide bonds. The smallest absolute Gasteiger partial charge is 0.287 e. The first-order valence-corrected chi connectivity index (χ1v) is 6.84. The second-order valence-electron chi connectivity index (χ2n) is 5.35. The number of carbonyl (C=O) groups excluding carboxylic acids is 3. The number of ketones is 1. The van der Waals surface area contributed by atoms with Crippen LogP contribution in [0.5, 0.6) is 0 Å². The first kappa shape index (κ1) is 12.8. The zero-order valence-corrected chi connectivity index (χ0v) is 11.0. The van der Waals surface area contributed by atoms with Crippen LogP contribution in [0.2, 0.25) is 0 Å². The standard InChI is InChI=1S/C15H16N2O3/c18-13(15(20)17-10-6-7-10)11-8-16-14(19)12(11)9-4-2-1-3-5-9/h1-5,10-12H,6-8H2,(H,16,19)(H,17,20)/t11-,12+/m0/s1. The van der Waals surface area contributed by atoms with E-state index in [0.29, 0.717) is 0 Å². The second kappa shape index (κ2) is 5.07. The first-order chi connectivity index (χ1) is 9.66. The third kappa shape index (κ3) is 2.43. The maximum atomic E-state index is 12.2. The fourth-order valence-corrected chi connectivity index (χ4v) is 2.56. The van der Waals surface area contributed by atoms with Crippen LogP contribution < -0.4 is 10.6 Å². The van der Waals surface area contributed by atoms with Crippen molar-refractivity contribution in [3.8, 4) is 0 Å². The van der Waals surface area contributed by atoms with Crippen LogP contribution in [0.15, 0.2) is 30.3 Å². The number of rotatable bonds is 4. The Morgan fingerprint density at radius 1 is 1.15 bits per heavy atom. The Morgan fingerprint density at radius 2 is 1.85 bits per heavy atom. The maximum absolute atomic E-state index is 12.2. The summed E-state index contributed by atoms with van der Waals surface area (Å²) in [5, 5.41) is 5.37. The minimum absolute atomic E-state index is 0.145. The van der Waals surface area contributed by atoms with Crippen molar-refractivity contribution < 1.29 is 14.4 Å². The van der Waals surface area contributed by atoms with Crippen LogP contribution in [0.25, 0.3) is 0 Å². The molecule has 2 aliphatic rings. The summed E-state index contributed by atoms with van der Waals surface area (Å²) in [7, 11) is 0. The molecule has 1 aromatic carbocycles. The van der Waals surface area contributed by atoms with Crippen LogP contribution in [-0.4, -0.2) is 30.2 Å². The molecule has 1 aromatic rings. The number of benzene rings is 1. The van der Waals surface area contributed by atoms with Gasteiger partial charge in [0, 0.05) is 12.6 Å². The Labute approximate surface area is 116 Å². The number of amides is 2. The van der Waals surface area contributed by atoms with E-state index >= 15 is 0 Å². The third-order valence-corrected chi connectivity index (χ3v) is 3.81. The summed E-state index contributed by atoms with van der Waals surface area (Å²) in [5.41, 5.74) is 0.778. The normalized spacial score (nSPS) is 25.1. The highest BCUT2D eigenvalue weighted by Gasteiger charge is 2.43. The van der Waals surface area contributed by atoms with Crippen molar-refractivity contribution >= 4 is 17.6 Å². The quantitative estimate of drug-likeness (QED) is 0.777. The van der Waals surface area contributed by atoms with Gasteiger partial charge < -0.3 is 10.6 Å². The van der Waals surface area contributed by atoms with E-state index in [1.54, 1.807) is 0 Å². The van der Waals surface area contributed by atoms with Crippen molar-refractivity contribution in [1.29, 1.82) is 0 Å². The van der Waals surface area contributed by atoms with Gasteiger partial charge in [-0.3, -0.25) is 14.4 Å². The SMILES string of the molecule is O=C(NC1CC1)C(=O)[C@H]1CNC(=O)[C@@H]1c1ccccc1. The van der Waals surface area contributed by atoms with E-state index in [1.807, 2.05) is 30.3 Å². The van der Waals surface area contributed by atoms with Crippen LogP contribution in [-0.2, 0) is 14.4 Å². The maximum Gasteiger partial charge on any atom is 0.287 e. The molecule has 0 aromatic heterocycles. The molecule has 0 bridgehead atoms. The van der Waals surface area contributed by atoms with E-state index in [9.17, 15) is 14.4 Å². The molecule has 1 aliphatic carbocycles. The molecule has 2 atom stereocenters. The summed E-state index contributed by atoms with van der Waals surface area (Å²) < 4.78 is 0. The van der Waals surface area contributed by atoms with Gasteiger partial charge in [-0.15, -0.1) is 0 Å². The van der Waals surface area contributed by atoms with E-state index in [4.69, 9.17) is 0 Å². The fraction of sp³-hybridized carbons (Fsp3) is 0.400. The van der Waals surface area contributed by atoms with Gasteiger partial charge in [-0.2, -0.15) is 0 Å². The Hall–Kier alpha value is -2.17. The predicted octanol–water partition coefficient (Wildman–Crippen LogP) is 0.364. The molecule has 0 radical (unpaired) electrons. The van der Waals surface area contributed by atoms with Gasteiger partial charge in [0.15, 0.2) is 0 Å². The van der Waals surface area contributed by atoms with Crippen molar-refractivity contribution in [2.75, 3.05) is 6.54 Å². The molecule has 2 N–H and O–H groups in total. The lowest BCUT2D eigenvalue weighted by molar-refractivity contribution is -0.140. The molecule has 5 heteroatoms. The monoisotopic (exact) mass is 272 g/mol. The molecule has 104 valence electrons. The lowest BCUT2D eigenvalue weighted by Gasteiger charge is -2.15. The largest absolute Gasteiger partial charge is 0.355 e. The van der Waals surface area contributed by atoms with Crippen LogP contribution in [0.4, 0.5) is 0 Å². The molecule has 20 heavy (non-hydrogen) atoms. The number of carbonyl (C=O) groups is 3. The van der Waals surface area contributed by atoms with E-state index in [1.165, 1.54) is 0 Å². The Morgan fingerprint density at radius 3 is 2.50 bits per heavy atom. The average Bonchev–Trinajstić information content (AvgIpc) is 3.19. The van der Waals surface area contributed by atoms with Gasteiger partial charge in [0.25, 0.3) is 5.91 Å². The molecule has 0 spiro atoms. The average molecular weight is 272 g/mol. The number of hydrogen-bond acceptors (Lipinski definition) is 3. The van der Waals surface area contributed by atoms with E-state index in [0.717, 1.165) is 18.4 Å². The fourth-order valence-electron chi connectivity index (χ4n) is 2.56. The summed E-state index contributed by atoms with van der Waals surface area (Å²) in [5.74, 6) is -2.41. The molecule has 2 fully saturated rings. The minimum atomic E-state index is -0.608. The van der Waals surface area contributed by atoms with Crippen LogP contribution in [0.3, 0.4) is 0 Å².